The molecule has 3 N–H and O–H groups in total. The minimum absolute atomic E-state index is 0.00939. The molecular formula is C21H30N4O6. The number of carbonyl (C=O) groups excluding carboxylic acids is 4. The zero-order valence-electron chi connectivity index (χ0n) is 18.3. The highest BCUT2D eigenvalue weighted by atomic mass is 16.5. The first-order valence-electron chi connectivity index (χ1n) is 10.0. The second kappa shape index (κ2) is 10.8. The third kappa shape index (κ3) is 6.68. The maximum Gasteiger partial charge on any atom is 0.245 e. The molecule has 0 unspecified atom stereocenters. The van der Waals surface area contributed by atoms with Crippen molar-refractivity contribution in [3.05, 3.63) is 29.8 Å². The van der Waals surface area contributed by atoms with Gasteiger partial charge in [0.25, 0.3) is 0 Å². The molecule has 1 heterocycles. The number of aliphatic hydroxyl groups excluding tert-OH is 1. The molecular weight excluding hydrogens is 404 g/mol. The standard InChI is InChI=1S/C21H30N4O6/c1-13(23-14(2)26)21(30)25-12-16(27)9-18(25)20(29)22-10-19(28)24(3)11-15-6-5-7-17(8-15)31-4/h5-8,13,16,18,27H,9-12H2,1-4H3,(H,22,29)(H,23,26)/t13-,16+,18-/m0/s1. The van der Waals surface area contributed by atoms with E-state index < -0.39 is 30.0 Å². The molecule has 0 spiro atoms. The van der Waals surface area contributed by atoms with Crippen LogP contribution in [0.5, 0.6) is 5.75 Å². The summed E-state index contributed by atoms with van der Waals surface area (Å²) in [6, 6.07) is 5.59. The summed E-state index contributed by atoms with van der Waals surface area (Å²) < 4.78 is 5.17. The number of carbonyl (C=O) groups is 4. The lowest BCUT2D eigenvalue weighted by atomic mass is 10.1. The maximum absolute atomic E-state index is 12.6. The van der Waals surface area contributed by atoms with Crippen LogP contribution < -0.4 is 15.4 Å². The predicted molar refractivity (Wildman–Crippen MR) is 112 cm³/mol. The van der Waals surface area contributed by atoms with Crippen LogP contribution in [0.25, 0.3) is 0 Å². The normalized spacial score (nSPS) is 18.8. The van der Waals surface area contributed by atoms with E-state index in [1.54, 1.807) is 20.2 Å². The Balaban J connectivity index is 1.92. The number of hydrogen-bond acceptors (Lipinski definition) is 6. The first-order chi connectivity index (χ1) is 14.6. The summed E-state index contributed by atoms with van der Waals surface area (Å²) in [7, 11) is 3.19. The molecule has 0 radical (unpaired) electrons. The van der Waals surface area contributed by atoms with Crippen LogP contribution in [-0.4, -0.2) is 84.0 Å². The molecule has 1 saturated heterocycles. The molecule has 1 aromatic rings. The number of nitrogens with one attached hydrogen (secondary N) is 2. The van der Waals surface area contributed by atoms with E-state index >= 15 is 0 Å². The topological polar surface area (TPSA) is 128 Å². The summed E-state index contributed by atoms with van der Waals surface area (Å²) in [5, 5.41) is 15.0. The average Bonchev–Trinajstić information content (AvgIpc) is 3.12. The van der Waals surface area contributed by atoms with Crippen LogP contribution >= 0.6 is 0 Å². The fourth-order valence-electron chi connectivity index (χ4n) is 3.47. The molecule has 10 nitrogen and oxygen atoms in total. The number of ether oxygens (including phenoxy) is 1. The lowest BCUT2D eigenvalue weighted by molar-refractivity contribution is -0.141. The van der Waals surface area contributed by atoms with Crippen LogP contribution in [0, 0.1) is 0 Å². The number of amides is 4. The Labute approximate surface area is 181 Å². The molecule has 1 fully saturated rings. The zero-order valence-corrected chi connectivity index (χ0v) is 18.3. The molecule has 1 aromatic carbocycles. The number of aliphatic hydroxyl groups is 1. The van der Waals surface area contributed by atoms with E-state index in [-0.39, 0.29) is 31.3 Å². The van der Waals surface area contributed by atoms with E-state index in [9.17, 15) is 24.3 Å². The van der Waals surface area contributed by atoms with Gasteiger partial charge in [0.15, 0.2) is 0 Å². The molecule has 170 valence electrons. The number of β-amino-alcohol motifs (C(OH)–C–C–N with tert-alkyl or cyclic N) is 1. The maximum atomic E-state index is 12.6. The van der Waals surface area contributed by atoms with E-state index in [1.807, 2.05) is 18.2 Å². The van der Waals surface area contributed by atoms with Crippen molar-refractivity contribution in [2.24, 2.45) is 0 Å². The monoisotopic (exact) mass is 434 g/mol. The SMILES string of the molecule is COc1cccc(CN(C)C(=O)CNC(=O)[C@@H]2C[C@@H](O)CN2C(=O)[C@H](C)NC(C)=O)c1. The molecule has 4 amide bonds. The average molecular weight is 434 g/mol. The molecule has 1 aliphatic rings. The van der Waals surface area contributed by atoms with E-state index in [0.29, 0.717) is 12.3 Å². The van der Waals surface area contributed by atoms with Gasteiger partial charge in [-0.15, -0.1) is 0 Å². The lowest BCUT2D eigenvalue weighted by Gasteiger charge is -2.27. The number of rotatable bonds is 8. The molecule has 0 aliphatic carbocycles. The molecule has 0 saturated carbocycles. The quantitative estimate of drug-likeness (QED) is 0.494. The Kier molecular flexibility index (Phi) is 8.38. The summed E-state index contributed by atoms with van der Waals surface area (Å²) in [4.78, 5) is 51.6. The summed E-state index contributed by atoms with van der Waals surface area (Å²) in [5.74, 6) is -0.980. The van der Waals surface area contributed by atoms with Gasteiger partial charge in [-0.25, -0.2) is 0 Å². The molecule has 0 bridgehead atoms. The van der Waals surface area contributed by atoms with Crippen LogP contribution in [0.2, 0.25) is 0 Å². The fourth-order valence-corrected chi connectivity index (χ4v) is 3.47. The van der Waals surface area contributed by atoms with Gasteiger partial charge in [0, 0.05) is 33.5 Å². The summed E-state index contributed by atoms with van der Waals surface area (Å²) in [5.41, 5.74) is 0.879. The number of nitrogens with zero attached hydrogens (tertiary/aromatic N) is 2. The summed E-state index contributed by atoms with van der Waals surface area (Å²) in [6.45, 7) is 2.90. The van der Waals surface area contributed by atoms with Crippen LogP contribution in [0.1, 0.15) is 25.8 Å². The van der Waals surface area contributed by atoms with E-state index in [2.05, 4.69) is 10.6 Å². The van der Waals surface area contributed by atoms with Crippen molar-refractivity contribution in [1.82, 2.24) is 20.4 Å². The van der Waals surface area contributed by atoms with Crippen LogP contribution in [0.3, 0.4) is 0 Å². The molecule has 3 atom stereocenters. The van der Waals surface area contributed by atoms with Gasteiger partial charge in [-0.05, 0) is 24.6 Å². The van der Waals surface area contributed by atoms with Gasteiger partial charge in [-0.3, -0.25) is 19.2 Å². The Hall–Kier alpha value is -3.14. The molecule has 1 aliphatic heterocycles. The van der Waals surface area contributed by atoms with Crippen LogP contribution in [-0.2, 0) is 25.7 Å². The van der Waals surface area contributed by atoms with Gasteiger partial charge in [0.05, 0.1) is 19.8 Å². The van der Waals surface area contributed by atoms with Gasteiger partial charge in [0.2, 0.25) is 23.6 Å². The van der Waals surface area contributed by atoms with Gasteiger partial charge in [-0.1, -0.05) is 12.1 Å². The third-order valence-corrected chi connectivity index (χ3v) is 5.05. The van der Waals surface area contributed by atoms with Gasteiger partial charge in [0.1, 0.15) is 17.8 Å². The molecule has 2 rings (SSSR count). The lowest BCUT2D eigenvalue weighted by Crippen LogP contribution is -2.53. The highest BCUT2D eigenvalue weighted by Gasteiger charge is 2.40. The van der Waals surface area contributed by atoms with Crippen LogP contribution in [0.4, 0.5) is 0 Å². The van der Waals surface area contributed by atoms with Crippen molar-refractivity contribution in [2.45, 2.75) is 45.0 Å². The largest absolute Gasteiger partial charge is 0.497 e. The second-order valence-corrected chi connectivity index (χ2v) is 7.64. The first kappa shape index (κ1) is 24.1. The number of likely N-dealkylation sites (N-methyl/N-ethyl adjacent to an activating group) is 1. The van der Waals surface area contributed by atoms with Crippen molar-refractivity contribution in [2.75, 3.05) is 27.2 Å². The third-order valence-electron chi connectivity index (χ3n) is 5.05. The highest BCUT2D eigenvalue weighted by molar-refractivity contribution is 5.93. The Bertz CT molecular complexity index is 830. The van der Waals surface area contributed by atoms with Gasteiger partial charge in [-0.2, -0.15) is 0 Å². The molecule has 10 heteroatoms. The molecule has 0 aromatic heterocycles. The van der Waals surface area contributed by atoms with E-state index in [4.69, 9.17) is 4.74 Å². The van der Waals surface area contributed by atoms with E-state index in [0.717, 1.165) is 5.56 Å². The van der Waals surface area contributed by atoms with Crippen molar-refractivity contribution >= 4 is 23.6 Å². The Morgan fingerprint density at radius 2 is 2.03 bits per heavy atom. The minimum atomic E-state index is -0.907. The number of likely N-dealkylation sites (tertiary alicyclic amines) is 1. The summed E-state index contributed by atoms with van der Waals surface area (Å²) in [6.07, 6.45) is -0.784. The van der Waals surface area contributed by atoms with Crippen molar-refractivity contribution < 1.29 is 29.0 Å². The van der Waals surface area contributed by atoms with E-state index in [1.165, 1.54) is 23.6 Å². The number of benzene rings is 1. The highest BCUT2D eigenvalue weighted by Crippen LogP contribution is 2.19. The zero-order chi connectivity index (χ0) is 23.1. The summed E-state index contributed by atoms with van der Waals surface area (Å²) >= 11 is 0. The van der Waals surface area contributed by atoms with Crippen molar-refractivity contribution in [3.63, 3.8) is 0 Å². The van der Waals surface area contributed by atoms with Crippen molar-refractivity contribution in [3.8, 4) is 5.75 Å². The predicted octanol–water partition coefficient (Wildman–Crippen LogP) is -0.744. The van der Waals surface area contributed by atoms with Crippen molar-refractivity contribution in [1.29, 1.82) is 0 Å². The first-order valence-corrected chi connectivity index (χ1v) is 10.0. The smallest absolute Gasteiger partial charge is 0.245 e. The van der Waals surface area contributed by atoms with Gasteiger partial charge < -0.3 is 30.3 Å². The Morgan fingerprint density at radius 1 is 1.32 bits per heavy atom. The number of hydrogen-bond donors (Lipinski definition) is 3. The van der Waals surface area contributed by atoms with Gasteiger partial charge >= 0.3 is 0 Å². The fraction of sp³-hybridized carbons (Fsp3) is 0.524. The Morgan fingerprint density at radius 3 is 2.68 bits per heavy atom. The molecule has 31 heavy (non-hydrogen) atoms. The van der Waals surface area contributed by atoms with Crippen LogP contribution in [0.15, 0.2) is 24.3 Å². The second-order valence-electron chi connectivity index (χ2n) is 7.64. The minimum Gasteiger partial charge on any atom is -0.497 e. The number of methoxy groups -OCH3 is 1.